The molecule has 1 atom stereocenters. The number of hydrogen-bond donors (Lipinski definition) is 3. The molecule has 3 N–H and O–H groups in total. The minimum Gasteiger partial charge on any atom is -0.361 e. The molecule has 0 bridgehead atoms. The van der Waals surface area contributed by atoms with Crippen LogP contribution in [-0.4, -0.2) is 40.5 Å². The Kier molecular flexibility index (Phi) is 6.03. The summed E-state index contributed by atoms with van der Waals surface area (Å²) in [5, 5.41) is 6.32. The monoisotopic (exact) mass is 497 g/mol. The number of carbonyl (C=O) groups is 1. The van der Waals surface area contributed by atoms with Gasteiger partial charge in [0.2, 0.25) is 11.9 Å². The van der Waals surface area contributed by atoms with Crippen LogP contribution in [-0.2, 0) is 11.2 Å². The molecule has 1 amide bonds. The van der Waals surface area contributed by atoms with Crippen molar-refractivity contribution >= 4 is 44.3 Å². The fourth-order valence-corrected chi connectivity index (χ4v) is 5.98. The smallest absolute Gasteiger partial charge is 0.270 e. The van der Waals surface area contributed by atoms with Crippen LogP contribution in [0.25, 0.3) is 32.2 Å². The predicted molar refractivity (Wildman–Crippen MR) is 146 cm³/mol. The van der Waals surface area contributed by atoms with E-state index in [0.717, 1.165) is 48.0 Å². The molecule has 1 aliphatic rings. The van der Waals surface area contributed by atoms with Gasteiger partial charge in [0.15, 0.2) is 0 Å². The van der Waals surface area contributed by atoms with Crippen LogP contribution < -0.4 is 15.8 Å². The van der Waals surface area contributed by atoms with E-state index in [1.54, 1.807) is 0 Å². The zero-order valence-electron chi connectivity index (χ0n) is 19.8. The Bertz CT molecular complexity index is 1590. The van der Waals surface area contributed by atoms with Gasteiger partial charge in [-0.1, -0.05) is 48.5 Å². The standard InChI is InChI=1S/C28H27N5O2S/c34-26(29-13-12-19-15-30-23-11-5-4-10-21(19)23)20-9-6-14-33(16-20)28-31-24-22(18-7-2-1-3-8-18)17-36-25(24)27(35)32-28/h1-5,7-8,10-11,15,17,20,30H,6,9,12-14,16H2,(H,29,34)(H,31,32,35)/t20-/m1/s1. The fourth-order valence-electron chi connectivity index (χ4n) is 5.07. The number of thiophene rings is 1. The summed E-state index contributed by atoms with van der Waals surface area (Å²) >= 11 is 1.41. The van der Waals surface area contributed by atoms with Gasteiger partial charge in [-0.2, -0.15) is 0 Å². The first-order valence-corrected chi connectivity index (χ1v) is 13.2. The summed E-state index contributed by atoms with van der Waals surface area (Å²) < 4.78 is 0.626. The second kappa shape index (κ2) is 9.62. The molecule has 1 fully saturated rings. The number of nitrogens with one attached hydrogen (secondary N) is 3. The summed E-state index contributed by atoms with van der Waals surface area (Å²) in [6.07, 6.45) is 4.50. The van der Waals surface area contributed by atoms with Gasteiger partial charge in [0.1, 0.15) is 4.70 Å². The predicted octanol–water partition coefficient (Wildman–Crippen LogP) is 4.71. The number of rotatable bonds is 6. The molecule has 4 heterocycles. The lowest BCUT2D eigenvalue weighted by Gasteiger charge is -2.32. The van der Waals surface area contributed by atoms with Crippen molar-refractivity contribution in [3.63, 3.8) is 0 Å². The summed E-state index contributed by atoms with van der Waals surface area (Å²) in [5.74, 6) is 0.460. The van der Waals surface area contributed by atoms with Crippen LogP contribution in [0.4, 0.5) is 5.95 Å². The van der Waals surface area contributed by atoms with E-state index < -0.39 is 0 Å². The molecular weight excluding hydrogens is 470 g/mol. The summed E-state index contributed by atoms with van der Waals surface area (Å²) in [4.78, 5) is 39.0. The Labute approximate surface area is 212 Å². The number of benzene rings is 2. The van der Waals surface area contributed by atoms with Crippen molar-refractivity contribution in [3.05, 3.63) is 82.1 Å². The fraction of sp³-hybridized carbons (Fsp3) is 0.250. The van der Waals surface area contributed by atoms with Gasteiger partial charge in [-0.15, -0.1) is 11.3 Å². The highest BCUT2D eigenvalue weighted by Crippen LogP contribution is 2.32. The van der Waals surface area contributed by atoms with Crippen LogP contribution in [0, 0.1) is 5.92 Å². The van der Waals surface area contributed by atoms with Gasteiger partial charge in [0.25, 0.3) is 5.56 Å². The van der Waals surface area contributed by atoms with E-state index in [0.29, 0.717) is 23.7 Å². The third-order valence-corrected chi connectivity index (χ3v) is 7.93. The molecular formula is C28H27N5O2S. The Balaban J connectivity index is 1.16. The molecule has 1 aliphatic heterocycles. The van der Waals surface area contributed by atoms with Crippen LogP contribution in [0.5, 0.6) is 0 Å². The third-order valence-electron chi connectivity index (χ3n) is 6.96. The van der Waals surface area contributed by atoms with Crippen LogP contribution in [0.1, 0.15) is 18.4 Å². The topological polar surface area (TPSA) is 93.9 Å². The van der Waals surface area contributed by atoms with Crippen molar-refractivity contribution in [1.29, 1.82) is 0 Å². The summed E-state index contributed by atoms with van der Waals surface area (Å²) in [7, 11) is 0. The highest BCUT2D eigenvalue weighted by atomic mass is 32.1. The maximum atomic E-state index is 13.0. The number of nitrogens with zero attached hydrogens (tertiary/aromatic N) is 2. The zero-order chi connectivity index (χ0) is 24.5. The molecule has 3 aromatic heterocycles. The Morgan fingerprint density at radius 2 is 1.97 bits per heavy atom. The number of anilines is 1. The number of carbonyl (C=O) groups excluding carboxylic acids is 1. The molecule has 6 rings (SSSR count). The molecule has 8 heteroatoms. The Morgan fingerprint density at radius 1 is 1.14 bits per heavy atom. The normalized spacial score (nSPS) is 16.0. The number of amides is 1. The van der Waals surface area contributed by atoms with Gasteiger partial charge in [-0.05, 0) is 36.5 Å². The second-order valence-corrected chi connectivity index (χ2v) is 10.1. The van der Waals surface area contributed by atoms with Crippen molar-refractivity contribution in [2.45, 2.75) is 19.3 Å². The van der Waals surface area contributed by atoms with Gasteiger partial charge >= 0.3 is 0 Å². The number of para-hydroxylation sites is 1. The minimum atomic E-state index is -0.140. The molecule has 0 unspecified atom stereocenters. The quantitative estimate of drug-likeness (QED) is 0.317. The van der Waals surface area contributed by atoms with Crippen LogP contribution >= 0.6 is 11.3 Å². The van der Waals surface area contributed by atoms with Crippen molar-refractivity contribution in [1.82, 2.24) is 20.3 Å². The van der Waals surface area contributed by atoms with E-state index in [1.807, 2.05) is 58.9 Å². The summed E-state index contributed by atoms with van der Waals surface area (Å²) in [5.41, 5.74) is 4.91. The molecule has 0 saturated carbocycles. The Morgan fingerprint density at radius 3 is 2.86 bits per heavy atom. The van der Waals surface area contributed by atoms with Crippen LogP contribution in [0.2, 0.25) is 0 Å². The number of fused-ring (bicyclic) bond motifs is 2. The lowest BCUT2D eigenvalue weighted by Crippen LogP contribution is -2.44. The number of aromatic nitrogens is 3. The summed E-state index contributed by atoms with van der Waals surface area (Å²) in [6.45, 7) is 1.89. The highest BCUT2D eigenvalue weighted by Gasteiger charge is 2.27. The van der Waals surface area contributed by atoms with Gasteiger partial charge in [-0.25, -0.2) is 4.98 Å². The first kappa shape index (κ1) is 22.5. The number of H-pyrrole nitrogens is 2. The van der Waals surface area contributed by atoms with Crippen molar-refractivity contribution in [2.24, 2.45) is 5.92 Å². The molecule has 2 aromatic carbocycles. The van der Waals surface area contributed by atoms with Gasteiger partial charge in [-0.3, -0.25) is 14.6 Å². The van der Waals surface area contributed by atoms with Gasteiger partial charge < -0.3 is 15.2 Å². The molecule has 0 spiro atoms. The third kappa shape index (κ3) is 4.28. The molecule has 7 nitrogen and oxygen atoms in total. The summed E-state index contributed by atoms with van der Waals surface area (Å²) in [6, 6.07) is 18.2. The SMILES string of the molecule is O=C(NCCc1c[nH]c2ccccc12)[C@@H]1CCCN(c2nc3c(-c4ccccc4)csc3c(=O)[nH]2)C1. The molecule has 36 heavy (non-hydrogen) atoms. The minimum absolute atomic E-state index is 0.0588. The largest absolute Gasteiger partial charge is 0.361 e. The van der Waals surface area contributed by atoms with Crippen LogP contribution in [0.15, 0.2) is 71.0 Å². The molecule has 1 saturated heterocycles. The first-order chi connectivity index (χ1) is 17.7. The van der Waals surface area contributed by atoms with Crippen molar-refractivity contribution < 1.29 is 4.79 Å². The lowest BCUT2D eigenvalue weighted by atomic mass is 9.97. The maximum Gasteiger partial charge on any atom is 0.270 e. The zero-order valence-corrected chi connectivity index (χ0v) is 20.6. The van der Waals surface area contributed by atoms with E-state index in [9.17, 15) is 9.59 Å². The van der Waals surface area contributed by atoms with Crippen molar-refractivity contribution in [2.75, 3.05) is 24.5 Å². The van der Waals surface area contributed by atoms with E-state index in [2.05, 4.69) is 27.4 Å². The van der Waals surface area contributed by atoms with Gasteiger partial charge in [0.05, 0.1) is 11.4 Å². The maximum absolute atomic E-state index is 13.0. The second-order valence-electron chi connectivity index (χ2n) is 9.27. The van der Waals surface area contributed by atoms with E-state index in [4.69, 9.17) is 4.98 Å². The van der Waals surface area contributed by atoms with E-state index >= 15 is 0 Å². The lowest BCUT2D eigenvalue weighted by molar-refractivity contribution is -0.125. The molecule has 0 radical (unpaired) electrons. The Hall–Kier alpha value is -3.91. The molecule has 182 valence electrons. The van der Waals surface area contributed by atoms with E-state index in [1.165, 1.54) is 22.3 Å². The van der Waals surface area contributed by atoms with Gasteiger partial charge in [0, 0.05) is 47.7 Å². The molecule has 5 aromatic rings. The number of aromatic amines is 2. The highest BCUT2D eigenvalue weighted by molar-refractivity contribution is 7.17. The first-order valence-electron chi connectivity index (χ1n) is 12.3. The van der Waals surface area contributed by atoms with Crippen molar-refractivity contribution in [3.8, 4) is 11.1 Å². The number of piperidine rings is 1. The number of hydrogen-bond acceptors (Lipinski definition) is 5. The molecule has 0 aliphatic carbocycles. The average Bonchev–Trinajstić information content (AvgIpc) is 3.54. The van der Waals surface area contributed by atoms with E-state index in [-0.39, 0.29) is 17.4 Å². The van der Waals surface area contributed by atoms with Crippen LogP contribution in [0.3, 0.4) is 0 Å². The average molecular weight is 498 g/mol.